The predicted octanol–water partition coefficient (Wildman–Crippen LogP) is 4.25. The normalized spacial score (nSPS) is 19.9. The minimum Gasteiger partial charge on any atom is -0.386 e. The Balaban J connectivity index is 2.10. The van der Waals surface area contributed by atoms with Gasteiger partial charge in [0.15, 0.2) is 0 Å². The summed E-state index contributed by atoms with van der Waals surface area (Å²) in [4.78, 5) is 0. The first-order valence-electron chi connectivity index (χ1n) is 6.66. The Labute approximate surface area is 95.3 Å². The van der Waals surface area contributed by atoms with Crippen LogP contribution in [0.1, 0.15) is 65.2 Å². The molecule has 0 radical (unpaired) electrons. The summed E-state index contributed by atoms with van der Waals surface area (Å²) in [5.41, 5.74) is 1.25. The summed E-state index contributed by atoms with van der Waals surface area (Å²) >= 11 is 0. The summed E-state index contributed by atoms with van der Waals surface area (Å²) in [6.07, 6.45) is 11.0. The molecule has 1 saturated carbocycles. The Morgan fingerprint density at radius 1 is 1.33 bits per heavy atom. The molecule has 0 amide bonds. The Bertz CT molecular complexity index is 180. The van der Waals surface area contributed by atoms with E-state index in [2.05, 4.69) is 25.7 Å². The van der Waals surface area contributed by atoms with Gasteiger partial charge in [-0.1, -0.05) is 45.6 Å². The van der Waals surface area contributed by atoms with Gasteiger partial charge in [0.1, 0.15) is 0 Å². The van der Waals surface area contributed by atoms with E-state index in [1.165, 1.54) is 57.1 Å². The van der Waals surface area contributed by atoms with Gasteiger partial charge in [-0.3, -0.25) is 0 Å². The van der Waals surface area contributed by atoms with Crippen LogP contribution < -0.4 is 5.32 Å². The van der Waals surface area contributed by atoms with Crippen molar-refractivity contribution < 1.29 is 0 Å². The Morgan fingerprint density at radius 3 is 2.60 bits per heavy atom. The molecule has 88 valence electrons. The van der Waals surface area contributed by atoms with Crippen LogP contribution in [0, 0.1) is 5.92 Å². The summed E-state index contributed by atoms with van der Waals surface area (Å²) in [7, 11) is 0. The van der Waals surface area contributed by atoms with Gasteiger partial charge in [0.05, 0.1) is 0 Å². The van der Waals surface area contributed by atoms with E-state index in [9.17, 15) is 0 Å². The maximum Gasteiger partial charge on any atom is 0.0227 e. The van der Waals surface area contributed by atoms with Gasteiger partial charge < -0.3 is 5.32 Å². The van der Waals surface area contributed by atoms with E-state index >= 15 is 0 Å². The van der Waals surface area contributed by atoms with Crippen molar-refractivity contribution in [3.63, 3.8) is 0 Å². The van der Waals surface area contributed by atoms with Crippen molar-refractivity contribution in [2.45, 2.75) is 71.3 Å². The fourth-order valence-corrected chi connectivity index (χ4v) is 2.38. The van der Waals surface area contributed by atoms with Crippen LogP contribution in [-0.4, -0.2) is 6.04 Å². The summed E-state index contributed by atoms with van der Waals surface area (Å²) in [6, 6.07) is 0.587. The van der Waals surface area contributed by atoms with Crippen LogP contribution in [0.4, 0.5) is 0 Å². The van der Waals surface area contributed by atoms with Gasteiger partial charge in [0, 0.05) is 11.7 Å². The van der Waals surface area contributed by atoms with E-state index in [-0.39, 0.29) is 0 Å². The Kier molecular flexibility index (Phi) is 5.82. The van der Waals surface area contributed by atoms with Crippen molar-refractivity contribution in [1.29, 1.82) is 0 Å². The van der Waals surface area contributed by atoms with Crippen molar-refractivity contribution >= 4 is 0 Å². The van der Waals surface area contributed by atoms with Crippen molar-refractivity contribution in [2.75, 3.05) is 0 Å². The first-order chi connectivity index (χ1) is 7.22. The molecular weight excluding hydrogens is 182 g/mol. The molecule has 1 atom stereocenters. The maximum atomic E-state index is 4.12. The van der Waals surface area contributed by atoms with E-state index in [0.717, 1.165) is 5.92 Å². The highest BCUT2D eigenvalue weighted by molar-refractivity contribution is 4.93. The van der Waals surface area contributed by atoms with E-state index < -0.39 is 0 Å². The maximum absolute atomic E-state index is 4.12. The van der Waals surface area contributed by atoms with Crippen molar-refractivity contribution in [3.8, 4) is 0 Å². The molecule has 0 aromatic heterocycles. The van der Waals surface area contributed by atoms with Crippen molar-refractivity contribution in [1.82, 2.24) is 5.32 Å². The molecule has 15 heavy (non-hydrogen) atoms. The molecule has 0 aromatic carbocycles. The molecule has 1 N–H and O–H groups in total. The topological polar surface area (TPSA) is 12.0 Å². The lowest BCUT2D eigenvalue weighted by Crippen LogP contribution is -2.24. The van der Waals surface area contributed by atoms with Gasteiger partial charge in [0.25, 0.3) is 0 Å². The first-order valence-corrected chi connectivity index (χ1v) is 6.66. The van der Waals surface area contributed by atoms with Gasteiger partial charge in [-0.2, -0.15) is 0 Å². The SMILES string of the molecule is C=C(CCC1CCCCC1)NC(C)CC. The van der Waals surface area contributed by atoms with Gasteiger partial charge >= 0.3 is 0 Å². The lowest BCUT2D eigenvalue weighted by molar-refractivity contribution is 0.336. The van der Waals surface area contributed by atoms with Crippen LogP contribution in [-0.2, 0) is 0 Å². The second-order valence-corrected chi connectivity index (χ2v) is 5.10. The first kappa shape index (κ1) is 12.6. The zero-order valence-electron chi connectivity index (χ0n) is 10.5. The van der Waals surface area contributed by atoms with Gasteiger partial charge in [-0.15, -0.1) is 0 Å². The minimum absolute atomic E-state index is 0.587. The van der Waals surface area contributed by atoms with Crippen molar-refractivity contribution in [2.24, 2.45) is 5.92 Å². The monoisotopic (exact) mass is 209 g/mol. The molecule has 1 aliphatic rings. The fraction of sp³-hybridized carbons (Fsp3) is 0.857. The Morgan fingerprint density at radius 2 is 2.00 bits per heavy atom. The third-order valence-corrected chi connectivity index (χ3v) is 3.64. The molecule has 0 aliphatic heterocycles. The predicted molar refractivity (Wildman–Crippen MR) is 67.8 cm³/mol. The minimum atomic E-state index is 0.587. The molecule has 1 rings (SSSR count). The average Bonchev–Trinajstić information content (AvgIpc) is 2.27. The molecule has 1 unspecified atom stereocenters. The van der Waals surface area contributed by atoms with Crippen LogP contribution in [0.25, 0.3) is 0 Å². The zero-order valence-corrected chi connectivity index (χ0v) is 10.5. The smallest absolute Gasteiger partial charge is 0.0227 e. The van der Waals surface area contributed by atoms with Crippen LogP contribution >= 0.6 is 0 Å². The van der Waals surface area contributed by atoms with Crippen LogP contribution in [0.2, 0.25) is 0 Å². The second-order valence-electron chi connectivity index (χ2n) is 5.10. The summed E-state index contributed by atoms with van der Waals surface area (Å²) in [5.74, 6) is 0.981. The molecule has 0 aromatic rings. The summed E-state index contributed by atoms with van der Waals surface area (Å²) in [5, 5.41) is 3.47. The highest BCUT2D eigenvalue weighted by Crippen LogP contribution is 2.27. The number of hydrogen-bond acceptors (Lipinski definition) is 1. The lowest BCUT2D eigenvalue weighted by Gasteiger charge is -2.22. The molecule has 1 nitrogen and oxygen atoms in total. The third-order valence-electron chi connectivity index (χ3n) is 3.64. The van der Waals surface area contributed by atoms with E-state index in [0.29, 0.717) is 6.04 Å². The number of hydrogen-bond donors (Lipinski definition) is 1. The lowest BCUT2D eigenvalue weighted by atomic mass is 9.86. The average molecular weight is 209 g/mol. The zero-order chi connectivity index (χ0) is 11.1. The molecule has 0 heterocycles. The fourth-order valence-electron chi connectivity index (χ4n) is 2.38. The standard InChI is InChI=1S/C14H27N/c1-4-12(2)15-13(3)10-11-14-8-6-5-7-9-14/h12,14-15H,3-11H2,1-2H3. The molecule has 1 fully saturated rings. The van der Waals surface area contributed by atoms with Crippen molar-refractivity contribution in [3.05, 3.63) is 12.3 Å². The van der Waals surface area contributed by atoms with E-state index in [1.54, 1.807) is 0 Å². The molecular formula is C14H27N. The molecule has 0 bridgehead atoms. The molecule has 0 saturated heterocycles. The summed E-state index contributed by atoms with van der Waals surface area (Å²) < 4.78 is 0. The quantitative estimate of drug-likeness (QED) is 0.689. The highest BCUT2D eigenvalue weighted by atomic mass is 14.9. The number of nitrogens with one attached hydrogen (secondary N) is 1. The molecule has 1 aliphatic carbocycles. The van der Waals surface area contributed by atoms with Gasteiger partial charge in [-0.25, -0.2) is 0 Å². The third kappa shape index (κ3) is 5.25. The van der Waals surface area contributed by atoms with Gasteiger partial charge in [-0.05, 0) is 32.1 Å². The number of rotatable bonds is 6. The molecule has 1 heteroatoms. The van der Waals surface area contributed by atoms with Crippen LogP contribution in [0.5, 0.6) is 0 Å². The summed E-state index contributed by atoms with van der Waals surface area (Å²) in [6.45, 7) is 8.56. The van der Waals surface area contributed by atoms with Crippen LogP contribution in [0.15, 0.2) is 12.3 Å². The Hall–Kier alpha value is -0.460. The van der Waals surface area contributed by atoms with Gasteiger partial charge in [0.2, 0.25) is 0 Å². The second kappa shape index (κ2) is 6.92. The van der Waals surface area contributed by atoms with Crippen LogP contribution in [0.3, 0.4) is 0 Å². The van der Waals surface area contributed by atoms with E-state index in [4.69, 9.17) is 0 Å². The van der Waals surface area contributed by atoms with E-state index in [1.807, 2.05) is 0 Å². The largest absolute Gasteiger partial charge is 0.386 e. The highest BCUT2D eigenvalue weighted by Gasteiger charge is 2.13. The molecule has 0 spiro atoms. The number of allylic oxidation sites excluding steroid dienone is 1.